The first-order chi connectivity index (χ1) is 12.9. The molecule has 0 amide bonds. The van der Waals surface area contributed by atoms with Crippen LogP contribution in [0.5, 0.6) is 0 Å². The molecule has 1 aliphatic rings. The lowest BCUT2D eigenvalue weighted by atomic mass is 10.1. The number of fused-ring (bicyclic) bond motifs is 1. The van der Waals surface area contributed by atoms with Crippen molar-refractivity contribution in [3.05, 3.63) is 45.8 Å². The van der Waals surface area contributed by atoms with Crippen LogP contribution in [-0.2, 0) is 22.0 Å². The number of para-hydroxylation sites is 1. The van der Waals surface area contributed by atoms with Crippen molar-refractivity contribution in [1.29, 1.82) is 0 Å². The fourth-order valence-corrected chi connectivity index (χ4v) is 5.72. The van der Waals surface area contributed by atoms with Crippen LogP contribution in [0.1, 0.15) is 23.7 Å². The maximum atomic E-state index is 12.2. The maximum Gasteiger partial charge on any atom is 0.277 e. The largest absolute Gasteiger partial charge is 0.416 e. The van der Waals surface area contributed by atoms with E-state index in [2.05, 4.69) is 20.2 Å². The summed E-state index contributed by atoms with van der Waals surface area (Å²) in [6.07, 6.45) is 1.10. The minimum absolute atomic E-state index is 0.0368. The molecule has 1 saturated heterocycles. The lowest BCUT2D eigenvalue weighted by Gasteiger charge is -2.04. The average Bonchev–Trinajstić information content (AvgIpc) is 3.20. The molecular formula is C17H18N4O4S2. The molecule has 142 valence electrons. The number of aryl methyl sites for hydroxylation is 1. The second-order valence-electron chi connectivity index (χ2n) is 6.71. The molecule has 1 aliphatic heterocycles. The zero-order valence-corrected chi connectivity index (χ0v) is 16.3. The predicted molar refractivity (Wildman–Crippen MR) is 101 cm³/mol. The van der Waals surface area contributed by atoms with Crippen LogP contribution in [0.15, 0.2) is 32.6 Å². The molecule has 0 saturated carbocycles. The quantitative estimate of drug-likeness (QED) is 0.638. The van der Waals surface area contributed by atoms with Gasteiger partial charge in [-0.2, -0.15) is 0 Å². The van der Waals surface area contributed by atoms with Gasteiger partial charge in [0, 0.05) is 6.42 Å². The first kappa shape index (κ1) is 18.2. The van der Waals surface area contributed by atoms with Crippen molar-refractivity contribution in [2.75, 3.05) is 11.5 Å². The third-order valence-electron chi connectivity index (χ3n) is 4.56. The molecule has 1 N–H and O–H groups in total. The summed E-state index contributed by atoms with van der Waals surface area (Å²) >= 11 is 1.28. The highest BCUT2D eigenvalue weighted by Crippen LogP contribution is 2.25. The van der Waals surface area contributed by atoms with Gasteiger partial charge in [0.25, 0.3) is 10.8 Å². The van der Waals surface area contributed by atoms with E-state index >= 15 is 0 Å². The number of aromatic nitrogens is 4. The zero-order chi connectivity index (χ0) is 19.0. The summed E-state index contributed by atoms with van der Waals surface area (Å²) in [6.45, 7) is 1.92. The van der Waals surface area contributed by atoms with Crippen LogP contribution in [0.2, 0.25) is 0 Å². The molecule has 1 atom stereocenters. The molecule has 8 nitrogen and oxygen atoms in total. The normalized spacial score (nSPS) is 18.9. The molecule has 0 spiro atoms. The van der Waals surface area contributed by atoms with Gasteiger partial charge >= 0.3 is 0 Å². The van der Waals surface area contributed by atoms with Gasteiger partial charge in [-0.3, -0.25) is 4.79 Å². The molecule has 0 bridgehead atoms. The highest BCUT2D eigenvalue weighted by molar-refractivity contribution is 7.98. The van der Waals surface area contributed by atoms with E-state index in [0.717, 1.165) is 5.56 Å². The second-order valence-corrected chi connectivity index (χ2v) is 9.86. The summed E-state index contributed by atoms with van der Waals surface area (Å²) < 4.78 is 28.7. The van der Waals surface area contributed by atoms with Gasteiger partial charge in [-0.15, -0.1) is 10.2 Å². The Morgan fingerprint density at radius 1 is 1.33 bits per heavy atom. The van der Waals surface area contributed by atoms with E-state index in [1.807, 2.05) is 19.1 Å². The SMILES string of the molecule is Cc1cccc2c(=O)[nH]c(CSc3nnc(C[C@H]4CCS(=O)(=O)C4)o3)nc12. The van der Waals surface area contributed by atoms with Gasteiger partial charge in [-0.05, 0) is 30.9 Å². The molecule has 2 aromatic heterocycles. The minimum Gasteiger partial charge on any atom is -0.416 e. The summed E-state index contributed by atoms with van der Waals surface area (Å²) in [6, 6.07) is 5.50. The highest BCUT2D eigenvalue weighted by atomic mass is 32.2. The zero-order valence-electron chi connectivity index (χ0n) is 14.6. The van der Waals surface area contributed by atoms with Gasteiger partial charge in [-0.25, -0.2) is 13.4 Å². The number of hydrogen-bond acceptors (Lipinski definition) is 8. The van der Waals surface area contributed by atoms with Gasteiger partial charge in [0.05, 0.1) is 28.2 Å². The Morgan fingerprint density at radius 2 is 2.19 bits per heavy atom. The Balaban J connectivity index is 1.44. The van der Waals surface area contributed by atoms with Gasteiger partial charge in [-0.1, -0.05) is 23.9 Å². The number of hydrogen-bond donors (Lipinski definition) is 1. The minimum atomic E-state index is -2.92. The van der Waals surface area contributed by atoms with Crippen molar-refractivity contribution >= 4 is 32.5 Å². The first-order valence-corrected chi connectivity index (χ1v) is 11.3. The third kappa shape index (κ3) is 4.06. The smallest absolute Gasteiger partial charge is 0.277 e. The Morgan fingerprint density at radius 3 is 2.96 bits per heavy atom. The van der Waals surface area contributed by atoms with Crippen molar-refractivity contribution in [3.63, 3.8) is 0 Å². The standard InChI is InChI=1S/C17H18N4O4S2/c1-10-3-2-4-12-15(10)18-13(19-16(12)22)8-26-17-21-20-14(25-17)7-11-5-6-27(23,24)9-11/h2-4,11H,5-9H2,1H3,(H,18,19,22)/t11-/m1/s1. The van der Waals surface area contributed by atoms with Gasteiger partial charge in [0.2, 0.25) is 5.89 Å². The second kappa shape index (κ2) is 7.08. The topological polar surface area (TPSA) is 119 Å². The summed E-state index contributed by atoms with van der Waals surface area (Å²) in [7, 11) is -2.92. The summed E-state index contributed by atoms with van der Waals surface area (Å²) in [5, 5.41) is 8.92. The molecular weight excluding hydrogens is 388 g/mol. The van der Waals surface area contributed by atoms with E-state index in [4.69, 9.17) is 4.42 Å². The van der Waals surface area contributed by atoms with E-state index in [9.17, 15) is 13.2 Å². The van der Waals surface area contributed by atoms with Crippen LogP contribution < -0.4 is 5.56 Å². The lowest BCUT2D eigenvalue weighted by Crippen LogP contribution is -2.11. The first-order valence-electron chi connectivity index (χ1n) is 8.54. The van der Waals surface area contributed by atoms with E-state index in [1.165, 1.54) is 11.8 Å². The maximum absolute atomic E-state index is 12.2. The van der Waals surface area contributed by atoms with Crippen molar-refractivity contribution in [2.45, 2.75) is 30.7 Å². The summed E-state index contributed by atoms with van der Waals surface area (Å²) in [5.41, 5.74) is 1.45. The number of benzene rings is 1. The molecule has 1 fully saturated rings. The number of sulfone groups is 1. The Kier molecular flexibility index (Phi) is 4.77. The monoisotopic (exact) mass is 406 g/mol. The van der Waals surface area contributed by atoms with E-state index < -0.39 is 9.84 Å². The molecule has 10 heteroatoms. The number of aromatic amines is 1. The number of H-pyrrole nitrogens is 1. The van der Waals surface area contributed by atoms with Crippen molar-refractivity contribution in [2.24, 2.45) is 5.92 Å². The summed E-state index contributed by atoms with van der Waals surface area (Å²) in [5.74, 6) is 1.81. The molecule has 27 heavy (non-hydrogen) atoms. The molecule has 3 aromatic rings. The van der Waals surface area contributed by atoms with E-state index in [0.29, 0.717) is 46.4 Å². The van der Waals surface area contributed by atoms with Crippen molar-refractivity contribution < 1.29 is 12.8 Å². The Bertz CT molecular complexity index is 1150. The molecule has 0 aliphatic carbocycles. The van der Waals surface area contributed by atoms with Crippen LogP contribution in [0, 0.1) is 12.8 Å². The van der Waals surface area contributed by atoms with Crippen LogP contribution >= 0.6 is 11.8 Å². The van der Waals surface area contributed by atoms with Gasteiger partial charge < -0.3 is 9.40 Å². The highest BCUT2D eigenvalue weighted by Gasteiger charge is 2.29. The fourth-order valence-electron chi connectivity index (χ4n) is 3.21. The molecule has 4 rings (SSSR count). The lowest BCUT2D eigenvalue weighted by molar-refractivity contribution is 0.389. The van der Waals surface area contributed by atoms with Crippen LogP contribution in [0.3, 0.4) is 0 Å². The van der Waals surface area contributed by atoms with E-state index in [-0.39, 0.29) is 23.0 Å². The summed E-state index contributed by atoms with van der Waals surface area (Å²) in [4.78, 5) is 19.5. The predicted octanol–water partition coefficient (Wildman–Crippen LogP) is 1.88. The fraction of sp³-hybridized carbons (Fsp3) is 0.412. The third-order valence-corrected chi connectivity index (χ3v) is 7.22. The molecule has 1 aromatic carbocycles. The van der Waals surface area contributed by atoms with Crippen LogP contribution in [0.25, 0.3) is 10.9 Å². The number of thioether (sulfide) groups is 1. The molecule has 0 unspecified atom stereocenters. The average molecular weight is 406 g/mol. The number of rotatable bonds is 5. The number of nitrogens with one attached hydrogen (secondary N) is 1. The Hall–Kier alpha value is -2.20. The molecule has 3 heterocycles. The Labute approximate surface area is 159 Å². The molecule has 0 radical (unpaired) electrons. The van der Waals surface area contributed by atoms with E-state index in [1.54, 1.807) is 6.07 Å². The van der Waals surface area contributed by atoms with Crippen molar-refractivity contribution in [1.82, 2.24) is 20.2 Å². The van der Waals surface area contributed by atoms with Crippen LogP contribution in [0.4, 0.5) is 0 Å². The van der Waals surface area contributed by atoms with Gasteiger partial charge in [0.15, 0.2) is 9.84 Å². The van der Waals surface area contributed by atoms with Gasteiger partial charge in [0.1, 0.15) is 5.82 Å². The van der Waals surface area contributed by atoms with Crippen molar-refractivity contribution in [3.8, 4) is 0 Å². The van der Waals surface area contributed by atoms with Crippen LogP contribution in [-0.4, -0.2) is 40.1 Å². The number of nitrogens with zero attached hydrogens (tertiary/aromatic N) is 3.